The fourth-order valence-electron chi connectivity index (χ4n) is 3.43. The minimum Gasteiger partial charge on any atom is -0.481 e. The average molecular weight is 445 g/mol. The van der Waals surface area contributed by atoms with Crippen molar-refractivity contribution in [2.24, 2.45) is 0 Å². The quantitative estimate of drug-likeness (QED) is 0.122. The molecule has 0 radical (unpaired) electrons. The van der Waals surface area contributed by atoms with Crippen molar-refractivity contribution in [2.75, 3.05) is 18.1 Å². The van der Waals surface area contributed by atoms with Crippen LogP contribution in [-0.2, 0) is 14.3 Å². The van der Waals surface area contributed by atoms with Gasteiger partial charge in [0.1, 0.15) is 0 Å². The molecule has 0 aromatic carbocycles. The van der Waals surface area contributed by atoms with Gasteiger partial charge < -0.3 is 9.84 Å². The molecule has 0 atom stereocenters. The highest BCUT2D eigenvalue weighted by molar-refractivity contribution is 7.99. The highest BCUT2D eigenvalue weighted by atomic mass is 32.2. The van der Waals surface area contributed by atoms with E-state index in [0.29, 0.717) is 13.0 Å². The largest absolute Gasteiger partial charge is 0.481 e. The first-order chi connectivity index (χ1) is 14.7. The predicted molar refractivity (Wildman–Crippen MR) is 129 cm³/mol. The summed E-state index contributed by atoms with van der Waals surface area (Å²) < 4.78 is 5.32. The van der Waals surface area contributed by atoms with E-state index in [9.17, 15) is 9.59 Å². The topological polar surface area (TPSA) is 63.6 Å². The number of ether oxygens (including phenoxy) is 1. The Morgan fingerprint density at radius 2 is 1.10 bits per heavy atom. The minimum atomic E-state index is -0.711. The summed E-state index contributed by atoms with van der Waals surface area (Å²) in [4.78, 5) is 22.1. The number of carbonyl (C=O) groups is 2. The zero-order valence-corrected chi connectivity index (χ0v) is 20.5. The first-order valence-corrected chi connectivity index (χ1v) is 13.8. The van der Waals surface area contributed by atoms with Crippen molar-refractivity contribution in [3.8, 4) is 0 Å². The third-order valence-corrected chi connectivity index (χ3v) is 6.51. The SMILES string of the molecule is CCCCCCCCCCCCCCCOC(=O)CCCCSCCCCC(=O)O. The smallest absolute Gasteiger partial charge is 0.305 e. The van der Waals surface area contributed by atoms with Gasteiger partial charge in [0, 0.05) is 12.8 Å². The number of hydrogen-bond donors (Lipinski definition) is 1. The van der Waals surface area contributed by atoms with Gasteiger partial charge in [-0.2, -0.15) is 11.8 Å². The molecule has 4 nitrogen and oxygen atoms in total. The molecule has 0 aromatic rings. The molecule has 0 aliphatic carbocycles. The van der Waals surface area contributed by atoms with Gasteiger partial charge in [-0.3, -0.25) is 9.59 Å². The monoisotopic (exact) mass is 444 g/mol. The zero-order valence-electron chi connectivity index (χ0n) is 19.6. The Labute approximate surface area is 190 Å². The number of thioether (sulfide) groups is 1. The van der Waals surface area contributed by atoms with Gasteiger partial charge >= 0.3 is 11.9 Å². The lowest BCUT2D eigenvalue weighted by atomic mass is 10.0. The molecule has 0 aliphatic heterocycles. The molecule has 0 amide bonds. The number of rotatable bonds is 24. The molecule has 0 heterocycles. The molecule has 1 N–H and O–H groups in total. The van der Waals surface area contributed by atoms with E-state index < -0.39 is 5.97 Å². The number of carboxylic acid groups (broad SMARTS) is 1. The Bertz CT molecular complexity index is 387. The van der Waals surface area contributed by atoms with Crippen LogP contribution in [0.1, 0.15) is 129 Å². The van der Waals surface area contributed by atoms with Gasteiger partial charge in [0.25, 0.3) is 0 Å². The summed E-state index contributed by atoms with van der Waals surface area (Å²) in [6.45, 7) is 2.85. The summed E-state index contributed by atoms with van der Waals surface area (Å²) in [6, 6.07) is 0. The molecule has 0 bridgehead atoms. The van der Waals surface area contributed by atoms with Gasteiger partial charge in [0.15, 0.2) is 0 Å². The van der Waals surface area contributed by atoms with Crippen molar-refractivity contribution < 1.29 is 19.4 Å². The summed E-state index contributed by atoms with van der Waals surface area (Å²) in [5.41, 5.74) is 0. The lowest BCUT2D eigenvalue weighted by Crippen LogP contribution is -2.05. The van der Waals surface area contributed by atoms with Gasteiger partial charge in [-0.1, -0.05) is 84.0 Å². The van der Waals surface area contributed by atoms with E-state index in [2.05, 4.69) is 6.92 Å². The van der Waals surface area contributed by atoms with E-state index in [4.69, 9.17) is 9.84 Å². The van der Waals surface area contributed by atoms with E-state index in [-0.39, 0.29) is 12.4 Å². The van der Waals surface area contributed by atoms with Crippen molar-refractivity contribution >= 4 is 23.7 Å². The van der Waals surface area contributed by atoms with Gasteiger partial charge in [-0.05, 0) is 43.6 Å². The molecule has 0 aromatic heterocycles. The first-order valence-electron chi connectivity index (χ1n) is 12.6. The number of hydrogen-bond acceptors (Lipinski definition) is 4. The molecule has 5 heteroatoms. The van der Waals surface area contributed by atoms with Crippen LogP contribution in [0.2, 0.25) is 0 Å². The highest BCUT2D eigenvalue weighted by Crippen LogP contribution is 2.13. The Morgan fingerprint density at radius 1 is 0.633 bits per heavy atom. The summed E-state index contributed by atoms with van der Waals surface area (Å²) in [7, 11) is 0. The van der Waals surface area contributed by atoms with Crippen molar-refractivity contribution in [2.45, 2.75) is 129 Å². The number of carbonyl (C=O) groups excluding carboxylic acids is 1. The zero-order chi connectivity index (χ0) is 22.1. The van der Waals surface area contributed by atoms with E-state index in [1.54, 1.807) is 0 Å². The Hall–Kier alpha value is -0.710. The third-order valence-electron chi connectivity index (χ3n) is 5.36. The second-order valence-electron chi connectivity index (χ2n) is 8.38. The Kier molecular flexibility index (Phi) is 24.0. The summed E-state index contributed by atoms with van der Waals surface area (Å²) in [5.74, 6) is 1.29. The maximum atomic E-state index is 11.7. The van der Waals surface area contributed by atoms with Crippen LogP contribution in [-0.4, -0.2) is 35.2 Å². The second kappa shape index (κ2) is 24.6. The minimum absolute atomic E-state index is 0.0552. The fourth-order valence-corrected chi connectivity index (χ4v) is 4.45. The average Bonchev–Trinajstić information content (AvgIpc) is 2.72. The normalized spacial score (nSPS) is 11.0. The van der Waals surface area contributed by atoms with Crippen LogP contribution < -0.4 is 0 Å². The molecule has 0 fully saturated rings. The first kappa shape index (κ1) is 29.3. The van der Waals surface area contributed by atoms with E-state index in [1.807, 2.05) is 11.8 Å². The van der Waals surface area contributed by atoms with Crippen LogP contribution in [0.15, 0.2) is 0 Å². The molecule has 0 rings (SSSR count). The standard InChI is InChI=1S/C25H48O4S/c1-2-3-4-5-6-7-8-9-10-11-12-13-16-21-29-25(28)20-15-18-23-30-22-17-14-19-24(26)27/h2-23H2,1H3,(H,26,27). The van der Waals surface area contributed by atoms with E-state index >= 15 is 0 Å². The van der Waals surface area contributed by atoms with Gasteiger partial charge in [-0.15, -0.1) is 0 Å². The third kappa shape index (κ3) is 25.3. The Balaban J connectivity index is 3.16. The summed E-state index contributed by atoms with van der Waals surface area (Å²) >= 11 is 1.85. The highest BCUT2D eigenvalue weighted by Gasteiger charge is 2.03. The van der Waals surface area contributed by atoms with Crippen LogP contribution in [0.5, 0.6) is 0 Å². The summed E-state index contributed by atoms with van der Waals surface area (Å²) in [5, 5.41) is 8.57. The van der Waals surface area contributed by atoms with Gasteiger partial charge in [-0.25, -0.2) is 0 Å². The molecule has 178 valence electrons. The number of unbranched alkanes of at least 4 members (excludes halogenated alkanes) is 14. The van der Waals surface area contributed by atoms with Crippen molar-refractivity contribution in [1.29, 1.82) is 0 Å². The molecular formula is C25H48O4S. The molecule has 0 spiro atoms. The van der Waals surface area contributed by atoms with Gasteiger partial charge in [0.05, 0.1) is 6.61 Å². The fraction of sp³-hybridized carbons (Fsp3) is 0.920. The van der Waals surface area contributed by atoms with E-state index in [1.165, 1.54) is 77.0 Å². The van der Waals surface area contributed by atoms with Crippen molar-refractivity contribution in [3.63, 3.8) is 0 Å². The van der Waals surface area contributed by atoms with Crippen LogP contribution in [0.25, 0.3) is 0 Å². The molecule has 0 saturated carbocycles. The lowest BCUT2D eigenvalue weighted by molar-refractivity contribution is -0.144. The predicted octanol–water partition coefficient (Wildman–Crippen LogP) is 7.78. The molecular weight excluding hydrogens is 396 g/mol. The number of aliphatic carboxylic acids is 1. The Morgan fingerprint density at radius 3 is 1.60 bits per heavy atom. The van der Waals surface area contributed by atoms with Crippen LogP contribution in [0.3, 0.4) is 0 Å². The van der Waals surface area contributed by atoms with Crippen LogP contribution >= 0.6 is 11.8 Å². The maximum Gasteiger partial charge on any atom is 0.305 e. The summed E-state index contributed by atoms with van der Waals surface area (Å²) in [6.07, 6.45) is 21.7. The lowest BCUT2D eigenvalue weighted by Gasteiger charge is -2.05. The molecule has 0 saturated heterocycles. The molecule has 30 heavy (non-hydrogen) atoms. The van der Waals surface area contributed by atoms with E-state index in [0.717, 1.165) is 43.6 Å². The van der Waals surface area contributed by atoms with Crippen LogP contribution in [0, 0.1) is 0 Å². The molecule has 0 aliphatic rings. The number of esters is 1. The van der Waals surface area contributed by atoms with Crippen molar-refractivity contribution in [3.05, 3.63) is 0 Å². The maximum absolute atomic E-state index is 11.7. The molecule has 0 unspecified atom stereocenters. The number of carboxylic acids is 1. The van der Waals surface area contributed by atoms with Crippen LogP contribution in [0.4, 0.5) is 0 Å². The van der Waals surface area contributed by atoms with Crippen molar-refractivity contribution in [1.82, 2.24) is 0 Å². The second-order valence-corrected chi connectivity index (χ2v) is 9.61. The van der Waals surface area contributed by atoms with Gasteiger partial charge in [0.2, 0.25) is 0 Å².